The summed E-state index contributed by atoms with van der Waals surface area (Å²) in [4.78, 5) is 21.2. The number of piperazine rings is 1. The lowest BCUT2D eigenvalue weighted by Gasteiger charge is -2.38. The third-order valence-corrected chi connectivity index (χ3v) is 7.75. The summed E-state index contributed by atoms with van der Waals surface area (Å²) < 4.78 is 26.3. The van der Waals surface area contributed by atoms with Crippen LogP contribution in [0.3, 0.4) is 0 Å². The zero-order valence-electron chi connectivity index (χ0n) is 21.7. The molecule has 39 heavy (non-hydrogen) atoms. The quantitative estimate of drug-likeness (QED) is 0.277. The highest BCUT2D eigenvalue weighted by Gasteiger charge is 2.28. The molecule has 0 bridgehead atoms. The number of aromatic amines is 1. The Bertz CT molecular complexity index is 1520. The average Bonchev–Trinajstić information content (AvgIpc) is 3.34. The Morgan fingerprint density at radius 1 is 1.00 bits per heavy atom. The molecule has 1 saturated heterocycles. The number of para-hydroxylation sites is 3. The van der Waals surface area contributed by atoms with Gasteiger partial charge in [0.25, 0.3) is 0 Å². The molecule has 2 heterocycles. The Kier molecular flexibility index (Phi) is 8.11. The van der Waals surface area contributed by atoms with Gasteiger partial charge in [-0.3, -0.25) is 14.8 Å². The number of amides is 1. The van der Waals surface area contributed by atoms with Crippen LogP contribution < -0.4 is 14.9 Å². The molecule has 1 atom stereocenters. The van der Waals surface area contributed by atoms with Crippen LogP contribution in [0.4, 0.5) is 11.4 Å². The standard InChI is InChI=1S/C29H32ClN5O3S.H2/c1-39(37,38)33-26-8-4-5-9-28(26)34-14-16-35(17-15-34)29(36)27(18-21-10-12-23(30)13-11-21)31-20-24-19-22-6-2-3-7-25(22)32-24;/h2-13,19,27,31-33H,14-18,20H2,1H3;1H/t27-;/m1./s1. The SMILES string of the molecule is CS(=O)(=O)Nc1ccccc1N1CCN(C(=O)[C@@H](Cc2ccc(Cl)cc2)NCc2cc3ccccc3[nH]2)CC1.[HH]. The second kappa shape index (κ2) is 11.7. The molecule has 0 aliphatic carbocycles. The number of nitrogens with one attached hydrogen (secondary N) is 3. The highest BCUT2D eigenvalue weighted by atomic mass is 35.5. The zero-order chi connectivity index (χ0) is 27.4. The molecule has 1 aromatic heterocycles. The zero-order valence-corrected chi connectivity index (χ0v) is 23.3. The van der Waals surface area contributed by atoms with Gasteiger partial charge in [-0.15, -0.1) is 0 Å². The van der Waals surface area contributed by atoms with Crippen molar-refractivity contribution in [3.63, 3.8) is 0 Å². The Morgan fingerprint density at radius 2 is 1.69 bits per heavy atom. The second-order valence-corrected chi connectivity index (χ2v) is 12.0. The highest BCUT2D eigenvalue weighted by Crippen LogP contribution is 2.27. The first-order chi connectivity index (χ1) is 18.7. The van der Waals surface area contributed by atoms with Gasteiger partial charge in [0, 0.05) is 50.4 Å². The van der Waals surface area contributed by atoms with Gasteiger partial charge in [-0.25, -0.2) is 8.42 Å². The maximum absolute atomic E-state index is 13.8. The van der Waals surface area contributed by atoms with Crippen molar-refractivity contribution in [3.05, 3.63) is 95.1 Å². The molecule has 4 aromatic rings. The van der Waals surface area contributed by atoms with E-state index in [1.165, 1.54) is 0 Å². The van der Waals surface area contributed by atoms with Gasteiger partial charge in [0.2, 0.25) is 15.9 Å². The van der Waals surface area contributed by atoms with E-state index in [0.717, 1.165) is 34.1 Å². The molecule has 5 rings (SSSR count). The summed E-state index contributed by atoms with van der Waals surface area (Å²) in [5, 5.41) is 5.29. The summed E-state index contributed by atoms with van der Waals surface area (Å²) in [5.41, 5.74) is 4.47. The van der Waals surface area contributed by atoms with Crippen molar-refractivity contribution in [2.75, 3.05) is 42.1 Å². The second-order valence-electron chi connectivity index (χ2n) is 9.85. The fourth-order valence-electron chi connectivity index (χ4n) is 4.99. The Hall–Kier alpha value is -3.53. The number of fused-ring (bicyclic) bond motifs is 1. The number of hydrogen-bond donors (Lipinski definition) is 3. The van der Waals surface area contributed by atoms with Crippen molar-refractivity contribution >= 4 is 49.8 Å². The lowest BCUT2D eigenvalue weighted by Crippen LogP contribution is -2.54. The Morgan fingerprint density at radius 3 is 2.41 bits per heavy atom. The first-order valence-electron chi connectivity index (χ1n) is 12.9. The topological polar surface area (TPSA) is 97.5 Å². The van der Waals surface area contributed by atoms with Crippen LogP contribution in [0.25, 0.3) is 10.9 Å². The summed E-state index contributed by atoms with van der Waals surface area (Å²) in [6.45, 7) is 2.81. The van der Waals surface area contributed by atoms with Gasteiger partial charge >= 0.3 is 0 Å². The van der Waals surface area contributed by atoms with Crippen molar-refractivity contribution in [2.24, 2.45) is 0 Å². The molecular weight excluding hydrogens is 534 g/mol. The van der Waals surface area contributed by atoms with Crippen molar-refractivity contribution in [1.82, 2.24) is 15.2 Å². The van der Waals surface area contributed by atoms with E-state index in [9.17, 15) is 13.2 Å². The average molecular weight is 568 g/mol. The van der Waals surface area contributed by atoms with E-state index in [0.29, 0.717) is 49.9 Å². The molecule has 8 nitrogen and oxygen atoms in total. The van der Waals surface area contributed by atoms with Crippen molar-refractivity contribution in [1.29, 1.82) is 0 Å². The van der Waals surface area contributed by atoms with E-state index in [1.54, 1.807) is 12.1 Å². The number of benzene rings is 3. The van der Waals surface area contributed by atoms with Crippen LogP contribution >= 0.6 is 11.6 Å². The first kappa shape index (κ1) is 27.1. The number of aromatic nitrogens is 1. The molecule has 1 fully saturated rings. The fraction of sp³-hybridized carbons (Fsp3) is 0.276. The number of halogens is 1. The minimum Gasteiger partial charge on any atom is -0.366 e. The van der Waals surface area contributed by atoms with Crippen LogP contribution in [-0.4, -0.2) is 62.7 Å². The number of H-pyrrole nitrogens is 1. The molecule has 206 valence electrons. The minimum absolute atomic E-state index is 0. The van der Waals surface area contributed by atoms with Gasteiger partial charge in [0.15, 0.2) is 0 Å². The van der Waals surface area contributed by atoms with Gasteiger partial charge in [-0.2, -0.15) is 0 Å². The van der Waals surface area contributed by atoms with Crippen LogP contribution in [0.2, 0.25) is 5.02 Å². The van der Waals surface area contributed by atoms with Gasteiger partial charge in [0.1, 0.15) is 0 Å². The number of hydrogen-bond acceptors (Lipinski definition) is 5. The van der Waals surface area contributed by atoms with E-state index in [4.69, 9.17) is 11.6 Å². The number of rotatable bonds is 9. The van der Waals surface area contributed by atoms with Gasteiger partial charge in [-0.05, 0) is 53.8 Å². The normalized spacial score (nSPS) is 14.9. The minimum atomic E-state index is -3.40. The summed E-state index contributed by atoms with van der Waals surface area (Å²) >= 11 is 6.09. The molecule has 10 heteroatoms. The van der Waals surface area contributed by atoms with Crippen molar-refractivity contribution in [3.8, 4) is 0 Å². The molecular formula is C29H34ClN5O3S. The number of nitrogens with zero attached hydrogens (tertiary/aromatic N) is 2. The molecule has 0 spiro atoms. The summed E-state index contributed by atoms with van der Waals surface area (Å²) in [7, 11) is -3.40. The molecule has 0 unspecified atom stereocenters. The Labute approximate surface area is 235 Å². The molecule has 0 saturated carbocycles. The van der Waals surface area contributed by atoms with Crippen molar-refractivity contribution in [2.45, 2.75) is 19.0 Å². The Balaban J connectivity index is 0.00000370. The highest BCUT2D eigenvalue weighted by molar-refractivity contribution is 7.92. The smallest absolute Gasteiger partial charge is 0.240 e. The van der Waals surface area contributed by atoms with E-state index >= 15 is 0 Å². The predicted molar refractivity (Wildman–Crippen MR) is 160 cm³/mol. The lowest BCUT2D eigenvalue weighted by molar-refractivity contribution is -0.133. The fourth-order valence-corrected chi connectivity index (χ4v) is 5.69. The number of sulfonamides is 1. The van der Waals surface area contributed by atoms with E-state index in [2.05, 4.69) is 32.1 Å². The largest absolute Gasteiger partial charge is 0.366 e. The molecule has 1 amide bonds. The first-order valence-corrected chi connectivity index (χ1v) is 15.2. The number of carbonyl (C=O) groups excluding carboxylic acids is 1. The van der Waals surface area contributed by atoms with E-state index < -0.39 is 16.1 Å². The van der Waals surface area contributed by atoms with Crippen LogP contribution in [0.5, 0.6) is 0 Å². The number of anilines is 2. The maximum atomic E-state index is 13.8. The van der Waals surface area contributed by atoms with Crippen LogP contribution in [0, 0.1) is 0 Å². The van der Waals surface area contributed by atoms with Crippen LogP contribution in [-0.2, 0) is 27.8 Å². The summed E-state index contributed by atoms with van der Waals surface area (Å²) in [6, 6.07) is 24.7. The molecule has 1 aliphatic heterocycles. The molecule has 1 aliphatic rings. The van der Waals surface area contributed by atoms with Crippen LogP contribution in [0.15, 0.2) is 78.9 Å². The molecule has 3 N–H and O–H groups in total. The molecule has 0 radical (unpaired) electrons. The van der Waals surface area contributed by atoms with Crippen LogP contribution in [0.1, 0.15) is 12.7 Å². The predicted octanol–water partition coefficient (Wildman–Crippen LogP) is 4.49. The van der Waals surface area contributed by atoms with E-state index in [1.807, 2.05) is 59.5 Å². The third kappa shape index (κ3) is 6.92. The third-order valence-electron chi connectivity index (χ3n) is 6.91. The monoisotopic (exact) mass is 567 g/mol. The molecule has 3 aromatic carbocycles. The van der Waals surface area contributed by atoms with Gasteiger partial charge in [0.05, 0.1) is 23.7 Å². The number of carbonyl (C=O) groups is 1. The lowest BCUT2D eigenvalue weighted by atomic mass is 10.0. The van der Waals surface area contributed by atoms with Gasteiger partial charge < -0.3 is 14.8 Å². The summed E-state index contributed by atoms with van der Waals surface area (Å²) in [5.74, 6) is 0.0447. The maximum Gasteiger partial charge on any atom is 0.240 e. The summed E-state index contributed by atoms with van der Waals surface area (Å²) in [6.07, 6.45) is 1.68. The van der Waals surface area contributed by atoms with Crippen molar-refractivity contribution < 1.29 is 14.6 Å². The van der Waals surface area contributed by atoms with Gasteiger partial charge in [-0.1, -0.05) is 54.1 Å². The van der Waals surface area contributed by atoms with E-state index in [-0.39, 0.29) is 7.33 Å².